The van der Waals surface area contributed by atoms with Gasteiger partial charge in [0, 0.05) is 12.1 Å². The minimum atomic E-state index is -4.04. The molecule has 3 rings (SSSR count). The number of benzene rings is 1. The second-order valence-electron chi connectivity index (χ2n) is 6.56. The summed E-state index contributed by atoms with van der Waals surface area (Å²) in [6.07, 6.45) is 0.0713. The fourth-order valence-corrected chi connectivity index (χ4v) is 3.82. The van der Waals surface area contributed by atoms with Gasteiger partial charge in [-0.1, -0.05) is 30.2 Å². The average molecular weight is 297 g/mol. The van der Waals surface area contributed by atoms with Crippen molar-refractivity contribution in [2.24, 2.45) is 5.92 Å². The third-order valence-electron chi connectivity index (χ3n) is 4.95. The minimum Gasteiger partial charge on any atom is -0.307 e. The second kappa shape index (κ2) is 5.64. The molecule has 2 aliphatic rings. The van der Waals surface area contributed by atoms with Crippen LogP contribution in [0.15, 0.2) is 18.2 Å². The van der Waals surface area contributed by atoms with Crippen LogP contribution in [0.3, 0.4) is 0 Å². The quantitative estimate of drug-likeness (QED) is 0.835. The Kier molecular flexibility index (Phi) is 4.00. The van der Waals surface area contributed by atoms with Gasteiger partial charge in [-0.15, -0.1) is 0 Å². The summed E-state index contributed by atoms with van der Waals surface area (Å²) in [6, 6.07) is 6.69. The van der Waals surface area contributed by atoms with Crippen LogP contribution in [0.4, 0.5) is 13.2 Å². The van der Waals surface area contributed by atoms with E-state index in [0.717, 1.165) is 19.3 Å². The zero-order valence-corrected chi connectivity index (χ0v) is 12.3. The molecule has 3 atom stereocenters. The van der Waals surface area contributed by atoms with Crippen LogP contribution in [-0.4, -0.2) is 12.2 Å². The third kappa shape index (κ3) is 3.25. The average Bonchev–Trinajstić information content (AvgIpc) is 2.81. The highest BCUT2D eigenvalue weighted by Gasteiger charge is 2.42. The molecule has 1 aromatic rings. The van der Waals surface area contributed by atoms with Crippen molar-refractivity contribution in [2.75, 3.05) is 0 Å². The Morgan fingerprint density at radius 2 is 1.95 bits per heavy atom. The van der Waals surface area contributed by atoms with Crippen LogP contribution in [0.1, 0.15) is 54.8 Å². The van der Waals surface area contributed by atoms with Crippen molar-refractivity contribution in [1.82, 2.24) is 5.32 Å². The van der Waals surface area contributed by atoms with Crippen LogP contribution in [0, 0.1) is 12.8 Å². The topological polar surface area (TPSA) is 12.0 Å². The van der Waals surface area contributed by atoms with E-state index in [9.17, 15) is 13.2 Å². The summed E-state index contributed by atoms with van der Waals surface area (Å²) in [5, 5.41) is 3.50. The number of nitrogens with one attached hydrogen (secondary N) is 1. The summed E-state index contributed by atoms with van der Waals surface area (Å²) in [7, 11) is 0. The van der Waals surface area contributed by atoms with Crippen LogP contribution in [0.2, 0.25) is 0 Å². The van der Waals surface area contributed by atoms with E-state index in [1.165, 1.54) is 16.7 Å². The van der Waals surface area contributed by atoms with Crippen LogP contribution in [0.5, 0.6) is 0 Å². The monoisotopic (exact) mass is 297 g/mol. The first kappa shape index (κ1) is 14.9. The van der Waals surface area contributed by atoms with Crippen molar-refractivity contribution in [2.45, 2.75) is 63.7 Å². The molecule has 0 aromatic heterocycles. The van der Waals surface area contributed by atoms with Crippen molar-refractivity contribution in [3.63, 3.8) is 0 Å². The lowest BCUT2D eigenvalue weighted by Gasteiger charge is -2.33. The van der Waals surface area contributed by atoms with Gasteiger partial charge in [-0.25, -0.2) is 0 Å². The first-order valence-electron chi connectivity index (χ1n) is 7.85. The van der Waals surface area contributed by atoms with Gasteiger partial charge in [-0.2, -0.15) is 13.2 Å². The highest BCUT2D eigenvalue weighted by Crippen LogP contribution is 2.39. The SMILES string of the molecule is Cc1ccc2c(c1)C(NC1CCCC(C(F)(F)F)C1)CC2. The lowest BCUT2D eigenvalue weighted by molar-refractivity contribution is -0.183. The maximum Gasteiger partial charge on any atom is 0.391 e. The van der Waals surface area contributed by atoms with Crippen molar-refractivity contribution in [3.05, 3.63) is 34.9 Å². The molecule has 21 heavy (non-hydrogen) atoms. The lowest BCUT2D eigenvalue weighted by Crippen LogP contribution is -2.40. The molecule has 4 heteroatoms. The molecule has 0 aliphatic heterocycles. The summed E-state index contributed by atoms with van der Waals surface area (Å²) in [5.41, 5.74) is 3.87. The van der Waals surface area contributed by atoms with E-state index >= 15 is 0 Å². The van der Waals surface area contributed by atoms with Crippen molar-refractivity contribution in [3.8, 4) is 0 Å². The largest absolute Gasteiger partial charge is 0.391 e. The van der Waals surface area contributed by atoms with Gasteiger partial charge in [0.1, 0.15) is 0 Å². The Bertz CT molecular complexity index is 509. The maximum atomic E-state index is 12.9. The molecular formula is C17H22F3N. The Morgan fingerprint density at radius 3 is 2.71 bits per heavy atom. The molecule has 0 saturated heterocycles. The van der Waals surface area contributed by atoms with Gasteiger partial charge < -0.3 is 5.32 Å². The van der Waals surface area contributed by atoms with Gasteiger partial charge in [0.05, 0.1) is 5.92 Å². The fourth-order valence-electron chi connectivity index (χ4n) is 3.82. The number of fused-ring (bicyclic) bond motifs is 1. The molecule has 116 valence electrons. The molecular weight excluding hydrogens is 275 g/mol. The first-order chi connectivity index (χ1) is 9.93. The number of rotatable bonds is 2. The molecule has 1 aromatic carbocycles. The van der Waals surface area contributed by atoms with Crippen LogP contribution >= 0.6 is 0 Å². The lowest BCUT2D eigenvalue weighted by atomic mass is 9.84. The standard InChI is InChI=1S/C17H22F3N/c1-11-5-6-12-7-8-16(15(12)9-11)21-14-4-2-3-13(10-14)17(18,19)20/h5-6,9,13-14,16,21H,2-4,7-8,10H2,1H3. The second-order valence-corrected chi connectivity index (χ2v) is 6.56. The summed E-state index contributed by atoms with van der Waals surface area (Å²) in [4.78, 5) is 0. The van der Waals surface area contributed by atoms with Crippen LogP contribution in [0.25, 0.3) is 0 Å². The molecule has 1 nitrogen and oxygen atoms in total. The summed E-state index contributed by atoms with van der Waals surface area (Å²) in [5.74, 6) is -1.12. The zero-order valence-electron chi connectivity index (χ0n) is 12.3. The summed E-state index contributed by atoms with van der Waals surface area (Å²) in [6.45, 7) is 2.07. The molecule has 1 N–H and O–H groups in total. The van der Waals surface area contributed by atoms with E-state index in [1.807, 2.05) is 0 Å². The molecule has 1 fully saturated rings. The van der Waals surface area contributed by atoms with Gasteiger partial charge >= 0.3 is 6.18 Å². The Balaban J connectivity index is 1.67. The highest BCUT2D eigenvalue weighted by molar-refractivity contribution is 5.37. The normalized spacial score (nSPS) is 29.4. The maximum absolute atomic E-state index is 12.9. The van der Waals surface area contributed by atoms with E-state index in [4.69, 9.17) is 0 Å². The van der Waals surface area contributed by atoms with Gasteiger partial charge in [0.25, 0.3) is 0 Å². The minimum absolute atomic E-state index is 0.00170. The predicted molar refractivity (Wildman–Crippen MR) is 77.2 cm³/mol. The number of halogens is 3. The predicted octanol–water partition coefficient (Wildman–Crippen LogP) is 4.69. The zero-order chi connectivity index (χ0) is 15.0. The van der Waals surface area contributed by atoms with Crippen molar-refractivity contribution in [1.29, 1.82) is 0 Å². The molecule has 1 saturated carbocycles. The Hall–Kier alpha value is -1.03. The van der Waals surface area contributed by atoms with E-state index in [2.05, 4.69) is 30.4 Å². The number of hydrogen-bond donors (Lipinski definition) is 1. The van der Waals surface area contributed by atoms with Gasteiger partial charge in [-0.05, 0) is 50.2 Å². The fraction of sp³-hybridized carbons (Fsp3) is 0.647. The van der Waals surface area contributed by atoms with E-state index in [-0.39, 0.29) is 18.5 Å². The van der Waals surface area contributed by atoms with Crippen LogP contribution in [-0.2, 0) is 6.42 Å². The molecule has 0 radical (unpaired) electrons. The molecule has 0 spiro atoms. The Morgan fingerprint density at radius 1 is 1.14 bits per heavy atom. The highest BCUT2D eigenvalue weighted by atomic mass is 19.4. The van der Waals surface area contributed by atoms with Gasteiger partial charge in [0.15, 0.2) is 0 Å². The van der Waals surface area contributed by atoms with Crippen LogP contribution < -0.4 is 5.32 Å². The van der Waals surface area contributed by atoms with Crippen molar-refractivity contribution >= 4 is 0 Å². The van der Waals surface area contributed by atoms with E-state index < -0.39 is 12.1 Å². The summed E-state index contributed by atoms with van der Waals surface area (Å²) < 4.78 is 38.7. The number of alkyl halides is 3. The van der Waals surface area contributed by atoms with Gasteiger partial charge in [0.2, 0.25) is 0 Å². The van der Waals surface area contributed by atoms with E-state index in [1.54, 1.807) is 0 Å². The number of aryl methyl sites for hydroxylation is 2. The van der Waals surface area contributed by atoms with E-state index in [0.29, 0.717) is 12.8 Å². The summed E-state index contributed by atoms with van der Waals surface area (Å²) >= 11 is 0. The Labute approximate surface area is 123 Å². The molecule has 2 aliphatic carbocycles. The smallest absolute Gasteiger partial charge is 0.307 e. The van der Waals surface area contributed by atoms with Crippen molar-refractivity contribution < 1.29 is 13.2 Å². The first-order valence-corrected chi connectivity index (χ1v) is 7.85. The molecule has 3 unspecified atom stereocenters. The van der Waals surface area contributed by atoms with Gasteiger partial charge in [-0.3, -0.25) is 0 Å². The molecule has 0 bridgehead atoms. The third-order valence-corrected chi connectivity index (χ3v) is 4.95. The molecule has 0 amide bonds. The molecule has 0 heterocycles. The number of hydrogen-bond acceptors (Lipinski definition) is 1.